The summed E-state index contributed by atoms with van der Waals surface area (Å²) in [7, 11) is -1.64. The third kappa shape index (κ3) is 3.36. The molecule has 0 aliphatic heterocycles. The van der Waals surface area contributed by atoms with Crippen molar-refractivity contribution in [3.63, 3.8) is 0 Å². The Morgan fingerprint density at radius 3 is 2.05 bits per heavy atom. The van der Waals surface area contributed by atoms with Crippen molar-refractivity contribution in [2.75, 3.05) is 0 Å². The van der Waals surface area contributed by atoms with Crippen molar-refractivity contribution >= 4 is 24.4 Å². The number of hydrogen-bond donors (Lipinski definition) is 1. The van der Waals surface area contributed by atoms with Gasteiger partial charge in [0.2, 0.25) is 0 Å². The van der Waals surface area contributed by atoms with Crippen LogP contribution in [0.3, 0.4) is 0 Å². The monoisotopic (exact) mass is 284 g/mol. The molecule has 1 N–H and O–H groups in total. The second-order valence-electron chi connectivity index (χ2n) is 5.58. The lowest BCUT2D eigenvalue weighted by Gasteiger charge is -2.23. The third-order valence-electron chi connectivity index (χ3n) is 3.80. The summed E-state index contributed by atoms with van der Waals surface area (Å²) in [5, 5.41) is 11.5. The van der Waals surface area contributed by atoms with Crippen LogP contribution in [-0.4, -0.2) is 19.1 Å². The summed E-state index contributed by atoms with van der Waals surface area (Å²) in [5.41, 5.74) is 1.09. The lowest BCUT2D eigenvalue weighted by Crippen LogP contribution is -2.52. The van der Waals surface area contributed by atoms with Crippen LogP contribution in [0.5, 0.6) is 0 Å². The first-order chi connectivity index (χ1) is 9.50. The minimum absolute atomic E-state index is 0.193. The van der Waals surface area contributed by atoms with Gasteiger partial charge in [0.25, 0.3) is 0 Å². The molecule has 0 atom stereocenters. The van der Waals surface area contributed by atoms with E-state index in [9.17, 15) is 4.79 Å². The summed E-state index contributed by atoms with van der Waals surface area (Å²) >= 11 is 0. The van der Waals surface area contributed by atoms with E-state index < -0.39 is 14.0 Å². The fourth-order valence-electron chi connectivity index (χ4n) is 2.36. The van der Waals surface area contributed by atoms with Crippen molar-refractivity contribution in [1.29, 1.82) is 0 Å². The van der Waals surface area contributed by atoms with E-state index in [-0.39, 0.29) is 6.42 Å². The second-order valence-corrected chi connectivity index (χ2v) is 9.99. The van der Waals surface area contributed by atoms with Gasteiger partial charge in [-0.25, -0.2) is 0 Å². The smallest absolute Gasteiger partial charge is 0.303 e. The topological polar surface area (TPSA) is 37.3 Å². The summed E-state index contributed by atoms with van der Waals surface area (Å²) in [5.74, 6) is -0.743. The highest BCUT2D eigenvalue weighted by Gasteiger charge is 2.25. The molecule has 0 saturated heterocycles. The molecule has 0 heterocycles. The molecule has 0 aromatic heterocycles. The van der Waals surface area contributed by atoms with E-state index in [4.69, 9.17) is 5.11 Å². The van der Waals surface area contributed by atoms with E-state index in [0.717, 1.165) is 5.56 Å². The van der Waals surface area contributed by atoms with Crippen LogP contribution in [0.4, 0.5) is 0 Å². The fourth-order valence-corrected chi connectivity index (χ4v) is 4.72. The quantitative estimate of drug-likeness (QED) is 0.857. The van der Waals surface area contributed by atoms with Gasteiger partial charge < -0.3 is 5.11 Å². The molecule has 104 valence electrons. The molecule has 20 heavy (non-hydrogen) atoms. The molecule has 0 aliphatic rings. The molecular formula is C17H20O2Si. The summed E-state index contributed by atoms with van der Waals surface area (Å²) in [6, 6.07) is 19.1. The van der Waals surface area contributed by atoms with E-state index >= 15 is 0 Å². The van der Waals surface area contributed by atoms with Crippen LogP contribution in [0.2, 0.25) is 13.1 Å². The maximum atomic E-state index is 10.6. The van der Waals surface area contributed by atoms with Gasteiger partial charge in [0, 0.05) is 6.42 Å². The molecule has 2 rings (SSSR count). The van der Waals surface area contributed by atoms with Gasteiger partial charge in [0.15, 0.2) is 0 Å². The fraction of sp³-hybridized carbons (Fsp3) is 0.235. The van der Waals surface area contributed by atoms with Gasteiger partial charge in [-0.3, -0.25) is 4.79 Å². The molecule has 0 bridgehead atoms. The number of aliphatic carboxylic acids is 1. The van der Waals surface area contributed by atoms with Gasteiger partial charge in [-0.1, -0.05) is 78.1 Å². The molecular weight excluding hydrogens is 264 g/mol. The Morgan fingerprint density at radius 2 is 1.50 bits per heavy atom. The number of aryl methyl sites for hydroxylation is 1. The molecule has 0 fully saturated rings. The number of carboxylic acid groups (broad SMARTS) is 1. The van der Waals surface area contributed by atoms with E-state index in [2.05, 4.69) is 61.6 Å². The maximum absolute atomic E-state index is 10.6. The number of rotatable bonds is 5. The molecule has 2 aromatic rings. The Kier molecular flexibility index (Phi) is 4.40. The largest absolute Gasteiger partial charge is 0.481 e. The van der Waals surface area contributed by atoms with Crippen LogP contribution in [0, 0.1) is 0 Å². The van der Waals surface area contributed by atoms with Crippen molar-refractivity contribution in [3.05, 3.63) is 60.2 Å². The van der Waals surface area contributed by atoms with Crippen LogP contribution in [0.15, 0.2) is 54.6 Å². The zero-order valence-corrected chi connectivity index (χ0v) is 13.0. The predicted octanol–water partition coefficient (Wildman–Crippen LogP) is 2.53. The normalized spacial score (nSPS) is 11.3. The van der Waals surface area contributed by atoms with Gasteiger partial charge >= 0.3 is 5.97 Å². The molecule has 0 spiro atoms. The molecule has 0 unspecified atom stereocenters. The first-order valence-electron chi connectivity index (χ1n) is 6.87. The van der Waals surface area contributed by atoms with Gasteiger partial charge in [0.1, 0.15) is 8.07 Å². The molecule has 2 aromatic carbocycles. The van der Waals surface area contributed by atoms with Gasteiger partial charge in [-0.15, -0.1) is 0 Å². The summed E-state index contributed by atoms with van der Waals surface area (Å²) in [6.07, 6.45) is 0.793. The van der Waals surface area contributed by atoms with Crippen molar-refractivity contribution in [2.24, 2.45) is 0 Å². The molecule has 0 amide bonds. The van der Waals surface area contributed by atoms with Gasteiger partial charge in [-0.05, 0) is 12.0 Å². The third-order valence-corrected chi connectivity index (χ3v) is 7.35. The van der Waals surface area contributed by atoms with Gasteiger partial charge in [0.05, 0.1) is 0 Å². The number of carbonyl (C=O) groups is 1. The van der Waals surface area contributed by atoms with Crippen LogP contribution in [0.1, 0.15) is 12.0 Å². The Bertz CT molecular complexity index is 574. The second kappa shape index (κ2) is 6.05. The molecule has 2 nitrogen and oxygen atoms in total. The standard InChI is InChI=1S/C17H20O2Si/c1-20(2,15-6-4-3-5-7-15)16-11-8-14(9-12-16)10-13-17(18)19/h3-9,11-12H,10,13H2,1-2H3,(H,18,19). The average molecular weight is 284 g/mol. The van der Waals surface area contributed by atoms with Crippen LogP contribution in [0.25, 0.3) is 0 Å². The van der Waals surface area contributed by atoms with Crippen molar-refractivity contribution in [1.82, 2.24) is 0 Å². The highest BCUT2D eigenvalue weighted by molar-refractivity contribution is 7.00. The highest BCUT2D eigenvalue weighted by atomic mass is 28.3. The van der Waals surface area contributed by atoms with E-state index in [0.29, 0.717) is 6.42 Å². The van der Waals surface area contributed by atoms with E-state index in [1.54, 1.807) is 0 Å². The average Bonchev–Trinajstić information content (AvgIpc) is 2.46. The Balaban J connectivity index is 2.19. The first kappa shape index (κ1) is 14.5. The summed E-state index contributed by atoms with van der Waals surface area (Å²) in [4.78, 5) is 10.6. The van der Waals surface area contributed by atoms with E-state index in [1.165, 1.54) is 10.4 Å². The van der Waals surface area contributed by atoms with Crippen molar-refractivity contribution < 1.29 is 9.90 Å². The highest BCUT2D eigenvalue weighted by Crippen LogP contribution is 2.08. The number of benzene rings is 2. The van der Waals surface area contributed by atoms with Crippen molar-refractivity contribution in [2.45, 2.75) is 25.9 Å². The lowest BCUT2D eigenvalue weighted by atomic mass is 10.1. The maximum Gasteiger partial charge on any atom is 0.303 e. The molecule has 0 aliphatic carbocycles. The number of hydrogen-bond acceptors (Lipinski definition) is 1. The zero-order chi connectivity index (χ0) is 14.6. The Morgan fingerprint density at radius 1 is 0.950 bits per heavy atom. The molecule has 0 saturated carbocycles. The molecule has 3 heteroatoms. The van der Waals surface area contributed by atoms with E-state index in [1.807, 2.05) is 6.07 Å². The minimum Gasteiger partial charge on any atom is -0.481 e. The summed E-state index contributed by atoms with van der Waals surface area (Å²) in [6.45, 7) is 4.68. The molecule has 0 radical (unpaired) electrons. The zero-order valence-electron chi connectivity index (χ0n) is 12.0. The minimum atomic E-state index is -1.64. The van der Waals surface area contributed by atoms with Crippen LogP contribution in [-0.2, 0) is 11.2 Å². The number of carboxylic acids is 1. The summed E-state index contributed by atoms with van der Waals surface area (Å²) < 4.78 is 0. The van der Waals surface area contributed by atoms with Crippen LogP contribution >= 0.6 is 0 Å². The predicted molar refractivity (Wildman–Crippen MR) is 85.6 cm³/mol. The Labute approximate surface area is 121 Å². The lowest BCUT2D eigenvalue weighted by molar-refractivity contribution is -0.136. The van der Waals surface area contributed by atoms with Gasteiger partial charge in [-0.2, -0.15) is 0 Å². The SMILES string of the molecule is C[Si](C)(c1ccccc1)c1ccc(CCC(=O)O)cc1. The first-order valence-corrected chi connectivity index (χ1v) is 9.87. The Hall–Kier alpha value is -1.87. The van der Waals surface area contributed by atoms with Crippen molar-refractivity contribution in [3.8, 4) is 0 Å². The van der Waals surface area contributed by atoms with Crippen LogP contribution < -0.4 is 10.4 Å².